The van der Waals surface area contributed by atoms with Crippen LogP contribution in [0.15, 0.2) is 24.3 Å². The van der Waals surface area contributed by atoms with Crippen LogP contribution in [0.4, 0.5) is 5.69 Å². The summed E-state index contributed by atoms with van der Waals surface area (Å²) >= 11 is 0. The molecule has 0 bridgehead atoms. The van der Waals surface area contributed by atoms with Crippen molar-refractivity contribution in [1.29, 1.82) is 0 Å². The van der Waals surface area contributed by atoms with Crippen molar-refractivity contribution < 1.29 is 0 Å². The fourth-order valence-corrected chi connectivity index (χ4v) is 1.94. The molecule has 0 spiro atoms. The van der Waals surface area contributed by atoms with Gasteiger partial charge < -0.3 is 5.32 Å². The number of anilines is 1. The minimum atomic E-state index is 0.625. The fraction of sp³-hybridized carbons (Fsp3) is 0.571. The Labute approximate surface area is 92.9 Å². The molecule has 1 heteroatoms. The van der Waals surface area contributed by atoms with Crippen molar-refractivity contribution >= 4 is 5.69 Å². The van der Waals surface area contributed by atoms with Gasteiger partial charge in [-0.15, -0.1) is 0 Å². The number of hydrogen-bond acceptors (Lipinski definition) is 1. The molecule has 0 heterocycles. The summed E-state index contributed by atoms with van der Waals surface area (Å²) in [7, 11) is 0. The third-order valence-electron chi connectivity index (χ3n) is 3.30. The first-order valence-corrected chi connectivity index (χ1v) is 6.03. The molecule has 0 amide bonds. The van der Waals surface area contributed by atoms with Crippen LogP contribution < -0.4 is 5.32 Å². The van der Waals surface area contributed by atoms with E-state index in [1.54, 1.807) is 0 Å². The Balaban J connectivity index is 1.97. The molecule has 1 unspecified atom stereocenters. The van der Waals surface area contributed by atoms with Crippen molar-refractivity contribution in [3.8, 4) is 0 Å². The molecule has 0 aliphatic heterocycles. The highest BCUT2D eigenvalue weighted by atomic mass is 14.9. The summed E-state index contributed by atoms with van der Waals surface area (Å²) < 4.78 is 0. The van der Waals surface area contributed by atoms with Crippen LogP contribution in [-0.2, 0) is 0 Å². The van der Waals surface area contributed by atoms with Gasteiger partial charge in [0.2, 0.25) is 0 Å². The number of rotatable bonds is 4. The fourth-order valence-electron chi connectivity index (χ4n) is 1.94. The average Bonchev–Trinajstić information content (AvgIpc) is 3.01. The van der Waals surface area contributed by atoms with Gasteiger partial charge in [0.15, 0.2) is 0 Å². The molecule has 1 fully saturated rings. The molecule has 1 nitrogen and oxygen atoms in total. The SMILES string of the molecule is CC(C)c1ccc(NC(C)C2CC2)cc1. The van der Waals surface area contributed by atoms with Gasteiger partial charge in [0.25, 0.3) is 0 Å². The summed E-state index contributed by atoms with van der Waals surface area (Å²) in [5, 5.41) is 3.57. The second-order valence-corrected chi connectivity index (χ2v) is 5.05. The van der Waals surface area contributed by atoms with Gasteiger partial charge in [-0.1, -0.05) is 26.0 Å². The predicted octanol–water partition coefficient (Wildman–Crippen LogP) is 4.02. The highest BCUT2D eigenvalue weighted by Gasteiger charge is 2.27. The van der Waals surface area contributed by atoms with Gasteiger partial charge in [-0.25, -0.2) is 0 Å². The van der Waals surface area contributed by atoms with Crippen LogP contribution in [-0.4, -0.2) is 6.04 Å². The second-order valence-electron chi connectivity index (χ2n) is 5.05. The maximum atomic E-state index is 3.57. The molecule has 1 N–H and O–H groups in total. The largest absolute Gasteiger partial charge is 0.382 e. The predicted molar refractivity (Wildman–Crippen MR) is 66.3 cm³/mol. The van der Waals surface area contributed by atoms with Crippen molar-refractivity contribution in [3.63, 3.8) is 0 Å². The maximum absolute atomic E-state index is 3.57. The van der Waals surface area contributed by atoms with Crippen LogP contribution >= 0.6 is 0 Å². The molecular formula is C14H21N. The topological polar surface area (TPSA) is 12.0 Å². The van der Waals surface area contributed by atoms with E-state index >= 15 is 0 Å². The first-order valence-electron chi connectivity index (χ1n) is 6.03. The quantitative estimate of drug-likeness (QED) is 0.779. The van der Waals surface area contributed by atoms with E-state index in [1.165, 1.54) is 24.1 Å². The highest BCUT2D eigenvalue weighted by molar-refractivity contribution is 5.46. The molecule has 1 aromatic carbocycles. The Kier molecular flexibility index (Phi) is 2.99. The van der Waals surface area contributed by atoms with E-state index in [2.05, 4.69) is 50.4 Å². The molecule has 1 saturated carbocycles. The standard InChI is InChI=1S/C14H21N/c1-10(2)12-6-8-14(9-7-12)15-11(3)13-4-5-13/h6-11,13,15H,4-5H2,1-3H3. The lowest BCUT2D eigenvalue weighted by Crippen LogP contribution is -2.17. The lowest BCUT2D eigenvalue weighted by molar-refractivity contribution is 0.694. The van der Waals surface area contributed by atoms with Gasteiger partial charge in [0.1, 0.15) is 0 Å². The van der Waals surface area contributed by atoms with Crippen LogP contribution in [0.1, 0.15) is 45.1 Å². The van der Waals surface area contributed by atoms with E-state index in [0.29, 0.717) is 12.0 Å². The van der Waals surface area contributed by atoms with E-state index in [4.69, 9.17) is 0 Å². The molecule has 82 valence electrons. The van der Waals surface area contributed by atoms with Crippen molar-refractivity contribution in [2.45, 2.75) is 45.6 Å². The molecule has 15 heavy (non-hydrogen) atoms. The van der Waals surface area contributed by atoms with Crippen LogP contribution in [0.2, 0.25) is 0 Å². The summed E-state index contributed by atoms with van der Waals surface area (Å²) in [5.74, 6) is 1.54. The number of benzene rings is 1. The van der Waals surface area contributed by atoms with E-state index in [0.717, 1.165) is 5.92 Å². The van der Waals surface area contributed by atoms with E-state index < -0.39 is 0 Å². The monoisotopic (exact) mass is 203 g/mol. The maximum Gasteiger partial charge on any atom is 0.0342 e. The summed E-state index contributed by atoms with van der Waals surface area (Å²) in [5.41, 5.74) is 2.68. The van der Waals surface area contributed by atoms with Gasteiger partial charge in [0, 0.05) is 11.7 Å². The first kappa shape index (κ1) is 10.5. The molecule has 1 aromatic rings. The molecule has 2 rings (SSSR count). The zero-order valence-electron chi connectivity index (χ0n) is 9.96. The molecule has 0 aromatic heterocycles. The summed E-state index contributed by atoms with van der Waals surface area (Å²) in [6, 6.07) is 9.50. The van der Waals surface area contributed by atoms with Gasteiger partial charge in [-0.2, -0.15) is 0 Å². The molecule has 1 atom stereocenters. The zero-order valence-corrected chi connectivity index (χ0v) is 9.96. The van der Waals surface area contributed by atoms with Crippen LogP contribution in [0.3, 0.4) is 0 Å². The zero-order chi connectivity index (χ0) is 10.8. The van der Waals surface area contributed by atoms with Crippen molar-refractivity contribution in [2.24, 2.45) is 5.92 Å². The van der Waals surface area contributed by atoms with Crippen LogP contribution in [0.5, 0.6) is 0 Å². The third kappa shape index (κ3) is 2.74. The van der Waals surface area contributed by atoms with Gasteiger partial charge in [-0.05, 0) is 49.3 Å². The van der Waals surface area contributed by atoms with Crippen LogP contribution in [0.25, 0.3) is 0 Å². The normalized spacial score (nSPS) is 17.9. The van der Waals surface area contributed by atoms with Crippen molar-refractivity contribution in [3.05, 3.63) is 29.8 Å². The lowest BCUT2D eigenvalue weighted by Gasteiger charge is -2.15. The smallest absolute Gasteiger partial charge is 0.0342 e. The highest BCUT2D eigenvalue weighted by Crippen LogP contribution is 2.34. The molecule has 0 radical (unpaired) electrons. The molecule has 0 saturated heterocycles. The van der Waals surface area contributed by atoms with E-state index in [-0.39, 0.29) is 0 Å². The summed E-state index contributed by atoms with van der Waals surface area (Å²) in [6.45, 7) is 6.75. The average molecular weight is 203 g/mol. The third-order valence-corrected chi connectivity index (χ3v) is 3.30. The van der Waals surface area contributed by atoms with Crippen molar-refractivity contribution in [2.75, 3.05) is 5.32 Å². The van der Waals surface area contributed by atoms with E-state index in [1.807, 2.05) is 0 Å². The van der Waals surface area contributed by atoms with Gasteiger partial charge >= 0.3 is 0 Å². The lowest BCUT2D eigenvalue weighted by atomic mass is 10.0. The minimum absolute atomic E-state index is 0.625. The Morgan fingerprint density at radius 3 is 2.13 bits per heavy atom. The molecular weight excluding hydrogens is 182 g/mol. The van der Waals surface area contributed by atoms with Crippen molar-refractivity contribution in [1.82, 2.24) is 0 Å². The first-order chi connectivity index (χ1) is 7.16. The van der Waals surface area contributed by atoms with Gasteiger partial charge in [-0.3, -0.25) is 0 Å². The number of hydrogen-bond donors (Lipinski definition) is 1. The van der Waals surface area contributed by atoms with E-state index in [9.17, 15) is 0 Å². The van der Waals surface area contributed by atoms with Gasteiger partial charge in [0.05, 0.1) is 0 Å². The number of nitrogens with one attached hydrogen (secondary N) is 1. The molecule has 1 aliphatic carbocycles. The molecule has 1 aliphatic rings. The Hall–Kier alpha value is -0.980. The second kappa shape index (κ2) is 4.26. The Morgan fingerprint density at radius 2 is 1.67 bits per heavy atom. The minimum Gasteiger partial charge on any atom is -0.382 e. The Bertz CT molecular complexity index is 309. The van der Waals surface area contributed by atoms with Crippen LogP contribution in [0, 0.1) is 5.92 Å². The summed E-state index contributed by atoms with van der Waals surface area (Å²) in [4.78, 5) is 0. The summed E-state index contributed by atoms with van der Waals surface area (Å²) in [6.07, 6.45) is 2.80. The Morgan fingerprint density at radius 1 is 1.07 bits per heavy atom.